The van der Waals surface area contributed by atoms with E-state index in [2.05, 4.69) is 83.1 Å². The van der Waals surface area contributed by atoms with Gasteiger partial charge in [0, 0.05) is 21.5 Å². The average Bonchev–Trinajstić information content (AvgIpc) is 3.59. The van der Waals surface area contributed by atoms with Crippen molar-refractivity contribution in [3.05, 3.63) is 31.6 Å². The van der Waals surface area contributed by atoms with E-state index in [0.29, 0.717) is 44.3 Å². The van der Waals surface area contributed by atoms with Crippen LogP contribution < -0.4 is 20.1 Å². The zero-order valence-electron chi connectivity index (χ0n) is 28.0. The highest BCUT2D eigenvalue weighted by Crippen LogP contribution is 2.46. The topological polar surface area (TPSA) is 59.9 Å². The van der Waals surface area contributed by atoms with Gasteiger partial charge >= 0.3 is 0 Å². The van der Waals surface area contributed by atoms with Gasteiger partial charge in [0.05, 0.1) is 18.7 Å². The maximum absolute atomic E-state index is 14.2. The van der Waals surface area contributed by atoms with E-state index in [1.54, 1.807) is 22.7 Å². The van der Waals surface area contributed by atoms with Gasteiger partial charge in [-0.25, -0.2) is 9.97 Å². The Labute approximate surface area is 260 Å². The molecule has 2 heterocycles. The third-order valence-electron chi connectivity index (χ3n) is 11.1. The Morgan fingerprint density at radius 2 is 0.738 bits per heavy atom. The second-order valence-electron chi connectivity index (χ2n) is 14.6. The maximum Gasteiger partial charge on any atom is 0.213 e. The van der Waals surface area contributed by atoms with Crippen LogP contribution >= 0.6 is 22.7 Å². The molecule has 0 bridgehead atoms. The van der Waals surface area contributed by atoms with Gasteiger partial charge in [-0.2, -0.15) is 0 Å². The van der Waals surface area contributed by atoms with Gasteiger partial charge in [-0.1, -0.05) is 83.1 Å². The average molecular weight is 637 g/mol. The summed E-state index contributed by atoms with van der Waals surface area (Å²) in [7, 11) is -4.04. The Balaban J connectivity index is 1.89. The fourth-order valence-electron chi connectivity index (χ4n) is 9.51. The Bertz CT molecular complexity index is 1750. The molecule has 42 heavy (non-hydrogen) atoms. The zero-order chi connectivity index (χ0) is 31.4. The molecule has 0 fully saturated rings. The Hall–Kier alpha value is -1.75. The molecule has 4 nitrogen and oxygen atoms in total. The molecule has 0 aliphatic carbocycles. The van der Waals surface area contributed by atoms with Crippen molar-refractivity contribution in [2.45, 2.75) is 130 Å². The first-order chi connectivity index (χ1) is 19.5. The first kappa shape index (κ1) is 31.7. The molecule has 0 unspecified atom stereocenters. The summed E-state index contributed by atoms with van der Waals surface area (Å²) < 4.78 is 4.35. The molecular weight excluding hydrogens is 589 g/mol. The number of thiazole rings is 2. The summed E-state index contributed by atoms with van der Waals surface area (Å²) in [6.45, 7) is 32.1. The number of fused-ring (bicyclic) bond motifs is 6. The van der Waals surface area contributed by atoms with E-state index in [0.717, 1.165) is 42.1 Å². The molecule has 0 saturated carbocycles. The van der Waals surface area contributed by atoms with Gasteiger partial charge in [0.25, 0.3) is 0 Å². The lowest BCUT2D eigenvalue weighted by atomic mass is 9.99. The number of nitrogens with zero attached hydrogens (tertiary/aromatic N) is 2. The standard InChI is InChI=1S/C34H48N2O2S2Si2/c1-15(2)41(16(3)4,17(5)6)33-35-27-29(37)23-22(14)26-24(21(13)25(23)31(27)39-33)30(38)28-32(26)40-34(36-28)42(18(7)8,19(9)10)20(11)12/h15-20H,1-14H3. The minimum Gasteiger partial charge on any atom is -0.287 e. The van der Waals surface area contributed by atoms with Crippen molar-refractivity contribution in [1.29, 1.82) is 0 Å². The molecule has 2 aromatic heterocycles. The molecule has 5 rings (SSSR count). The molecule has 0 amide bonds. The van der Waals surface area contributed by atoms with Gasteiger partial charge in [-0.3, -0.25) is 9.59 Å². The second-order valence-corrected chi connectivity index (χ2v) is 28.9. The van der Waals surface area contributed by atoms with Crippen molar-refractivity contribution in [2.75, 3.05) is 0 Å². The van der Waals surface area contributed by atoms with Crippen LogP contribution in [0.15, 0.2) is 9.59 Å². The van der Waals surface area contributed by atoms with E-state index in [-0.39, 0.29) is 10.9 Å². The molecule has 226 valence electrons. The number of hydrogen-bond donors (Lipinski definition) is 0. The highest BCUT2D eigenvalue weighted by molar-refractivity contribution is 7.33. The van der Waals surface area contributed by atoms with Crippen LogP contribution in [0.3, 0.4) is 0 Å². The second kappa shape index (κ2) is 10.4. The molecule has 0 radical (unpaired) electrons. The van der Waals surface area contributed by atoms with Crippen LogP contribution in [0.2, 0.25) is 33.2 Å². The largest absolute Gasteiger partial charge is 0.287 e. The molecule has 0 aliphatic heterocycles. The van der Waals surface area contributed by atoms with E-state index in [1.807, 2.05) is 13.8 Å². The van der Waals surface area contributed by atoms with E-state index in [9.17, 15) is 9.59 Å². The Morgan fingerprint density at radius 1 is 0.476 bits per heavy atom. The molecule has 0 saturated heterocycles. The Kier molecular flexibility index (Phi) is 7.86. The quantitative estimate of drug-likeness (QED) is 0.159. The lowest BCUT2D eigenvalue weighted by molar-refractivity contribution is 0.834. The first-order valence-electron chi connectivity index (χ1n) is 15.8. The van der Waals surface area contributed by atoms with Crippen LogP contribution in [-0.4, -0.2) is 26.1 Å². The van der Waals surface area contributed by atoms with Gasteiger partial charge in [-0.15, -0.1) is 22.7 Å². The summed E-state index contributed by atoms with van der Waals surface area (Å²) >= 11 is 3.48. The summed E-state index contributed by atoms with van der Waals surface area (Å²) in [6, 6.07) is 0. The molecule has 0 spiro atoms. The number of rotatable bonds is 8. The van der Waals surface area contributed by atoms with Crippen molar-refractivity contribution >= 4 is 90.1 Å². The van der Waals surface area contributed by atoms with Crippen molar-refractivity contribution in [3.63, 3.8) is 0 Å². The van der Waals surface area contributed by atoms with Crippen LogP contribution in [0.1, 0.15) is 94.2 Å². The van der Waals surface area contributed by atoms with Crippen LogP contribution in [0.25, 0.3) is 42.0 Å². The predicted octanol–water partition coefficient (Wildman–Crippen LogP) is 9.20. The van der Waals surface area contributed by atoms with E-state index >= 15 is 0 Å². The van der Waals surface area contributed by atoms with Crippen LogP contribution in [0, 0.1) is 13.8 Å². The summed E-state index contributed by atoms with van der Waals surface area (Å²) in [4.78, 5) is 38.8. The number of aromatic nitrogens is 2. The van der Waals surface area contributed by atoms with E-state index in [4.69, 9.17) is 9.97 Å². The third-order valence-corrected chi connectivity index (χ3v) is 28.7. The fraction of sp³-hybridized carbons (Fsp3) is 0.588. The van der Waals surface area contributed by atoms with Crippen molar-refractivity contribution in [3.8, 4) is 0 Å². The minimum absolute atomic E-state index is 0.0333. The number of hydrogen-bond acceptors (Lipinski definition) is 6. The fourth-order valence-corrected chi connectivity index (χ4v) is 29.2. The molecule has 0 aliphatic rings. The van der Waals surface area contributed by atoms with Crippen LogP contribution in [-0.2, 0) is 0 Å². The number of aryl methyl sites for hydroxylation is 2. The summed E-state index contributed by atoms with van der Waals surface area (Å²) in [5, 5.41) is 3.42. The number of benzene rings is 1. The van der Waals surface area contributed by atoms with E-state index < -0.39 is 16.1 Å². The minimum atomic E-state index is -2.02. The predicted molar refractivity (Wildman–Crippen MR) is 194 cm³/mol. The molecule has 3 aromatic carbocycles. The van der Waals surface area contributed by atoms with Gasteiger partial charge < -0.3 is 0 Å². The summed E-state index contributed by atoms with van der Waals surface area (Å²) in [5.74, 6) is 0. The van der Waals surface area contributed by atoms with Crippen molar-refractivity contribution in [1.82, 2.24) is 9.97 Å². The van der Waals surface area contributed by atoms with Gasteiger partial charge in [0.1, 0.15) is 27.2 Å². The van der Waals surface area contributed by atoms with Crippen LogP contribution in [0.5, 0.6) is 0 Å². The summed E-state index contributed by atoms with van der Waals surface area (Å²) in [6.07, 6.45) is 0. The monoisotopic (exact) mass is 636 g/mol. The van der Waals surface area contributed by atoms with E-state index in [1.165, 1.54) is 9.26 Å². The van der Waals surface area contributed by atoms with Gasteiger partial charge in [-0.05, 0) is 58.2 Å². The molecular formula is C34H48N2O2S2Si2. The zero-order valence-corrected chi connectivity index (χ0v) is 31.6. The maximum atomic E-state index is 14.2. The molecule has 8 heteroatoms. The van der Waals surface area contributed by atoms with Crippen molar-refractivity contribution in [2.24, 2.45) is 0 Å². The normalized spacial score (nSPS) is 14.0. The summed E-state index contributed by atoms with van der Waals surface area (Å²) in [5.41, 5.74) is 6.21. The third kappa shape index (κ3) is 3.80. The lowest BCUT2D eigenvalue weighted by Crippen LogP contribution is -2.55. The SMILES string of the molecule is Cc1c2c(=O)c3nc([Si](C(C)C)(C(C)C)C(C)C)sc3c2c(C)c2c(=O)c3nc([Si](C(C)C)(C(C)C)C(C)C)sc3c12. The highest BCUT2D eigenvalue weighted by atomic mass is 32.1. The lowest BCUT2D eigenvalue weighted by Gasteiger charge is -2.41. The van der Waals surface area contributed by atoms with Crippen molar-refractivity contribution < 1.29 is 0 Å². The molecule has 0 atom stereocenters. The smallest absolute Gasteiger partial charge is 0.213 e. The first-order valence-corrected chi connectivity index (χ1v) is 21.9. The van der Waals surface area contributed by atoms with Gasteiger partial charge in [0.15, 0.2) is 0 Å². The van der Waals surface area contributed by atoms with Crippen LogP contribution in [0.4, 0.5) is 0 Å². The molecule has 5 aromatic rings. The van der Waals surface area contributed by atoms with Gasteiger partial charge in [0.2, 0.25) is 10.9 Å². The highest BCUT2D eigenvalue weighted by Gasteiger charge is 2.49. The Morgan fingerprint density at radius 3 is 0.976 bits per heavy atom. The molecule has 0 N–H and O–H groups in total.